The van der Waals surface area contributed by atoms with Gasteiger partial charge in [0.25, 0.3) is 5.91 Å². The van der Waals surface area contributed by atoms with Crippen LogP contribution < -0.4 is 0 Å². The van der Waals surface area contributed by atoms with E-state index < -0.39 is 5.97 Å². The second-order valence-corrected chi connectivity index (χ2v) is 3.24. The third-order valence-electron chi connectivity index (χ3n) is 1.88. The monoisotopic (exact) mass is 209 g/mol. The molecule has 5 nitrogen and oxygen atoms in total. The number of amides is 1. The zero-order valence-corrected chi connectivity index (χ0v) is 8.39. The molecule has 0 saturated heterocycles. The van der Waals surface area contributed by atoms with Crippen LogP contribution in [-0.2, 0) is 0 Å². The number of nitrogens with zero attached hydrogens (tertiary/aromatic N) is 1. The Hall–Kier alpha value is -2.04. The van der Waals surface area contributed by atoms with E-state index in [4.69, 9.17) is 5.11 Å². The van der Waals surface area contributed by atoms with Crippen LogP contribution in [0, 0.1) is 0 Å². The summed E-state index contributed by atoms with van der Waals surface area (Å²) >= 11 is 0. The molecule has 5 heteroatoms. The van der Waals surface area contributed by atoms with E-state index in [0.717, 1.165) is 6.07 Å². The second kappa shape index (κ2) is 4.00. The van der Waals surface area contributed by atoms with Gasteiger partial charge in [0.2, 0.25) is 0 Å². The molecular formula is C10H11NO4. The van der Waals surface area contributed by atoms with Gasteiger partial charge >= 0.3 is 5.97 Å². The number of phenols is 1. The summed E-state index contributed by atoms with van der Waals surface area (Å²) in [6, 6.07) is 3.62. The van der Waals surface area contributed by atoms with E-state index in [2.05, 4.69) is 0 Å². The minimum Gasteiger partial charge on any atom is -0.507 e. The molecule has 1 amide bonds. The lowest BCUT2D eigenvalue weighted by Crippen LogP contribution is -2.21. The number of hydrogen-bond acceptors (Lipinski definition) is 3. The molecule has 1 aromatic rings. The summed E-state index contributed by atoms with van der Waals surface area (Å²) < 4.78 is 0. The molecule has 0 unspecified atom stereocenters. The summed E-state index contributed by atoms with van der Waals surface area (Å²) in [5.74, 6) is -1.84. The summed E-state index contributed by atoms with van der Waals surface area (Å²) in [5, 5.41) is 18.1. The zero-order valence-electron chi connectivity index (χ0n) is 8.39. The lowest BCUT2D eigenvalue weighted by atomic mass is 10.1. The molecule has 0 radical (unpaired) electrons. The standard InChI is InChI=1S/C10H11NO4/c1-11(2)9(13)7-4-3-6(10(14)15)5-8(7)12/h3-5,12H,1-2H3,(H,14,15). The first-order valence-corrected chi connectivity index (χ1v) is 4.21. The fraction of sp³-hybridized carbons (Fsp3) is 0.200. The first-order chi connectivity index (χ1) is 6.93. The number of phenolic OH excluding ortho intramolecular Hbond substituents is 1. The largest absolute Gasteiger partial charge is 0.507 e. The number of carboxylic acid groups (broad SMARTS) is 1. The summed E-state index contributed by atoms with van der Waals surface area (Å²) in [6.45, 7) is 0. The Bertz CT molecular complexity index is 412. The van der Waals surface area contributed by atoms with Crippen LogP contribution >= 0.6 is 0 Å². The molecule has 0 aliphatic rings. The lowest BCUT2D eigenvalue weighted by molar-refractivity contribution is 0.0695. The van der Waals surface area contributed by atoms with Gasteiger partial charge in [-0.2, -0.15) is 0 Å². The SMILES string of the molecule is CN(C)C(=O)c1ccc(C(=O)O)cc1O. The molecule has 0 bridgehead atoms. The van der Waals surface area contributed by atoms with Gasteiger partial charge in [-0.05, 0) is 18.2 Å². The molecule has 0 atom stereocenters. The van der Waals surface area contributed by atoms with Gasteiger partial charge in [-0.1, -0.05) is 0 Å². The van der Waals surface area contributed by atoms with E-state index in [1.165, 1.54) is 17.0 Å². The first kappa shape index (κ1) is 11.0. The highest BCUT2D eigenvalue weighted by Gasteiger charge is 2.14. The van der Waals surface area contributed by atoms with Crippen molar-refractivity contribution in [3.63, 3.8) is 0 Å². The number of rotatable bonds is 2. The Morgan fingerprint density at radius 1 is 1.27 bits per heavy atom. The third kappa shape index (κ3) is 2.25. The average molecular weight is 209 g/mol. The van der Waals surface area contributed by atoms with Crippen molar-refractivity contribution in [2.45, 2.75) is 0 Å². The van der Waals surface area contributed by atoms with Crippen molar-refractivity contribution in [2.24, 2.45) is 0 Å². The van der Waals surface area contributed by atoms with Gasteiger partial charge in [0.15, 0.2) is 0 Å². The number of carbonyl (C=O) groups excluding carboxylic acids is 1. The van der Waals surface area contributed by atoms with Crippen LogP contribution in [0.25, 0.3) is 0 Å². The Labute approximate surface area is 86.6 Å². The van der Waals surface area contributed by atoms with Crippen LogP contribution in [0.1, 0.15) is 20.7 Å². The maximum atomic E-state index is 11.5. The van der Waals surface area contributed by atoms with Gasteiger partial charge in [-0.25, -0.2) is 4.79 Å². The molecule has 1 rings (SSSR count). The molecule has 1 aromatic carbocycles. The van der Waals surface area contributed by atoms with E-state index in [-0.39, 0.29) is 22.8 Å². The van der Waals surface area contributed by atoms with Crippen molar-refractivity contribution in [3.05, 3.63) is 29.3 Å². The van der Waals surface area contributed by atoms with Crippen molar-refractivity contribution in [2.75, 3.05) is 14.1 Å². The molecule has 0 aliphatic heterocycles. The van der Waals surface area contributed by atoms with Crippen molar-refractivity contribution in [1.29, 1.82) is 0 Å². The highest BCUT2D eigenvalue weighted by atomic mass is 16.4. The van der Waals surface area contributed by atoms with Gasteiger partial charge in [0.1, 0.15) is 5.75 Å². The molecule has 80 valence electrons. The molecule has 2 N–H and O–H groups in total. The van der Waals surface area contributed by atoms with Gasteiger partial charge in [0.05, 0.1) is 11.1 Å². The van der Waals surface area contributed by atoms with Crippen molar-refractivity contribution >= 4 is 11.9 Å². The minimum atomic E-state index is -1.14. The van der Waals surface area contributed by atoms with E-state index in [9.17, 15) is 14.7 Å². The Kier molecular flexibility index (Phi) is 2.94. The zero-order chi connectivity index (χ0) is 11.6. The van der Waals surface area contributed by atoms with E-state index in [1.807, 2.05) is 0 Å². The predicted molar refractivity (Wildman–Crippen MR) is 53.1 cm³/mol. The Balaban J connectivity index is 3.14. The maximum Gasteiger partial charge on any atom is 0.335 e. The number of aromatic carboxylic acids is 1. The van der Waals surface area contributed by atoms with Crippen LogP contribution in [0.3, 0.4) is 0 Å². The third-order valence-corrected chi connectivity index (χ3v) is 1.88. The predicted octanol–water partition coefficient (Wildman–Crippen LogP) is 0.792. The van der Waals surface area contributed by atoms with E-state index in [0.29, 0.717) is 0 Å². The minimum absolute atomic E-state index is 0.0530. The van der Waals surface area contributed by atoms with Gasteiger partial charge in [-0.15, -0.1) is 0 Å². The summed E-state index contributed by atoms with van der Waals surface area (Å²) in [6.07, 6.45) is 0. The lowest BCUT2D eigenvalue weighted by Gasteiger charge is -2.11. The molecule has 0 aromatic heterocycles. The van der Waals surface area contributed by atoms with Crippen molar-refractivity contribution in [3.8, 4) is 5.75 Å². The summed E-state index contributed by atoms with van der Waals surface area (Å²) in [5.41, 5.74) is 0.0350. The number of carboxylic acids is 1. The van der Waals surface area contributed by atoms with Gasteiger partial charge in [-0.3, -0.25) is 4.79 Å². The molecule has 15 heavy (non-hydrogen) atoms. The number of benzene rings is 1. The Morgan fingerprint density at radius 3 is 2.27 bits per heavy atom. The van der Waals surface area contributed by atoms with Crippen molar-refractivity contribution in [1.82, 2.24) is 4.90 Å². The van der Waals surface area contributed by atoms with E-state index in [1.54, 1.807) is 14.1 Å². The summed E-state index contributed by atoms with van der Waals surface area (Å²) in [4.78, 5) is 23.3. The van der Waals surface area contributed by atoms with Crippen LogP contribution in [0.4, 0.5) is 0 Å². The normalized spacial score (nSPS) is 9.73. The maximum absolute atomic E-state index is 11.5. The number of carbonyl (C=O) groups is 2. The highest BCUT2D eigenvalue weighted by Crippen LogP contribution is 2.19. The first-order valence-electron chi connectivity index (χ1n) is 4.21. The average Bonchev–Trinajstić information content (AvgIpc) is 2.16. The topological polar surface area (TPSA) is 77.8 Å². The molecule has 0 fully saturated rings. The summed E-state index contributed by atoms with van der Waals surface area (Å²) in [7, 11) is 3.10. The fourth-order valence-corrected chi connectivity index (χ4v) is 1.09. The molecule has 0 heterocycles. The molecule has 0 spiro atoms. The molecule has 0 aliphatic carbocycles. The molecular weight excluding hydrogens is 198 g/mol. The fourth-order valence-electron chi connectivity index (χ4n) is 1.09. The van der Waals surface area contributed by atoms with Crippen LogP contribution in [-0.4, -0.2) is 41.1 Å². The van der Waals surface area contributed by atoms with Crippen LogP contribution in [0.15, 0.2) is 18.2 Å². The van der Waals surface area contributed by atoms with Crippen molar-refractivity contribution < 1.29 is 19.8 Å². The quantitative estimate of drug-likeness (QED) is 0.754. The Morgan fingerprint density at radius 2 is 1.87 bits per heavy atom. The van der Waals surface area contributed by atoms with Gasteiger partial charge < -0.3 is 15.1 Å². The van der Waals surface area contributed by atoms with Crippen LogP contribution in [0.2, 0.25) is 0 Å². The highest BCUT2D eigenvalue weighted by molar-refractivity contribution is 5.98. The molecule has 0 saturated carbocycles. The smallest absolute Gasteiger partial charge is 0.335 e. The van der Waals surface area contributed by atoms with Gasteiger partial charge in [0, 0.05) is 14.1 Å². The number of aromatic hydroxyl groups is 1. The number of hydrogen-bond donors (Lipinski definition) is 2. The second-order valence-electron chi connectivity index (χ2n) is 3.24. The van der Waals surface area contributed by atoms with Crippen LogP contribution in [0.5, 0.6) is 5.75 Å². The van der Waals surface area contributed by atoms with E-state index >= 15 is 0 Å².